The molecule has 0 spiro atoms. The molecule has 2 aromatic rings. The zero-order valence-electron chi connectivity index (χ0n) is 7.11. The average Bonchev–Trinajstić information content (AvgIpc) is 2.67. The number of hydrogen-bond acceptors (Lipinski definition) is 2. The number of benzene rings is 1. The average molecular weight is 195 g/mol. The molecule has 14 heavy (non-hydrogen) atoms. The molecule has 0 atom stereocenters. The molecule has 3 nitrogen and oxygen atoms in total. The number of nitrogens with two attached hydrogens (primary N) is 1. The minimum absolute atomic E-state index is 0.0432. The molecule has 0 amide bonds. The van der Waals surface area contributed by atoms with Crippen molar-refractivity contribution in [1.29, 1.82) is 0 Å². The first-order valence-electron chi connectivity index (χ1n) is 3.93. The smallest absolute Gasteiger partial charge is 0.186 e. The number of nitrogen functional groups attached to an aromatic ring is 1. The van der Waals surface area contributed by atoms with E-state index in [0.29, 0.717) is 0 Å². The van der Waals surface area contributed by atoms with Crippen LogP contribution in [0.25, 0.3) is 5.69 Å². The molecular weight excluding hydrogens is 188 g/mol. The minimum atomic E-state index is -1.04. The molecule has 0 aliphatic rings. The molecule has 0 radical (unpaired) electrons. The highest BCUT2D eigenvalue weighted by Crippen LogP contribution is 2.20. The number of aromatic nitrogens is 2. The Balaban J connectivity index is 2.61. The van der Waals surface area contributed by atoms with Gasteiger partial charge in [0.15, 0.2) is 11.6 Å². The molecule has 2 rings (SSSR count). The molecule has 0 saturated carbocycles. The Kier molecular flexibility index (Phi) is 1.92. The number of hydrogen-bond donors (Lipinski definition) is 1. The van der Waals surface area contributed by atoms with Crippen LogP contribution in [0, 0.1) is 11.6 Å². The Morgan fingerprint density at radius 2 is 2.00 bits per heavy atom. The van der Waals surface area contributed by atoms with Crippen molar-refractivity contribution in [2.75, 3.05) is 5.73 Å². The van der Waals surface area contributed by atoms with E-state index in [-0.39, 0.29) is 11.4 Å². The fourth-order valence-electron chi connectivity index (χ4n) is 1.14. The minimum Gasteiger partial charge on any atom is -0.396 e. The van der Waals surface area contributed by atoms with Gasteiger partial charge in [0.2, 0.25) is 0 Å². The van der Waals surface area contributed by atoms with Crippen molar-refractivity contribution >= 4 is 5.69 Å². The maximum absolute atomic E-state index is 13.3. The van der Waals surface area contributed by atoms with Crippen LogP contribution >= 0.6 is 0 Å². The first-order valence-corrected chi connectivity index (χ1v) is 3.93. The quantitative estimate of drug-likeness (QED) is 0.704. The van der Waals surface area contributed by atoms with Crippen molar-refractivity contribution in [3.05, 3.63) is 42.2 Å². The lowest BCUT2D eigenvalue weighted by atomic mass is 10.2. The Bertz CT molecular complexity index is 451. The van der Waals surface area contributed by atoms with Gasteiger partial charge < -0.3 is 5.73 Å². The van der Waals surface area contributed by atoms with Crippen molar-refractivity contribution in [2.24, 2.45) is 0 Å². The fraction of sp³-hybridized carbons (Fsp3) is 0. The van der Waals surface area contributed by atoms with Gasteiger partial charge in [-0.15, -0.1) is 0 Å². The van der Waals surface area contributed by atoms with Crippen molar-refractivity contribution in [2.45, 2.75) is 0 Å². The summed E-state index contributed by atoms with van der Waals surface area (Å²) in [5, 5.41) is 3.79. The van der Waals surface area contributed by atoms with Crippen molar-refractivity contribution in [3.63, 3.8) is 0 Å². The van der Waals surface area contributed by atoms with Crippen LogP contribution in [0.1, 0.15) is 0 Å². The van der Waals surface area contributed by atoms with E-state index in [0.717, 1.165) is 0 Å². The Labute approximate surface area is 78.8 Å². The lowest BCUT2D eigenvalue weighted by Gasteiger charge is -2.05. The highest BCUT2D eigenvalue weighted by molar-refractivity contribution is 5.47. The van der Waals surface area contributed by atoms with Crippen molar-refractivity contribution < 1.29 is 8.78 Å². The predicted molar refractivity (Wildman–Crippen MR) is 47.9 cm³/mol. The topological polar surface area (TPSA) is 43.8 Å². The van der Waals surface area contributed by atoms with E-state index in [9.17, 15) is 8.78 Å². The zero-order chi connectivity index (χ0) is 10.1. The van der Waals surface area contributed by atoms with Gasteiger partial charge in [-0.1, -0.05) is 0 Å². The molecule has 1 heterocycles. The summed E-state index contributed by atoms with van der Waals surface area (Å²) in [5.74, 6) is -2.04. The fourth-order valence-corrected chi connectivity index (χ4v) is 1.14. The summed E-state index contributed by atoms with van der Waals surface area (Å²) in [4.78, 5) is 0. The molecule has 0 aliphatic heterocycles. The standard InChI is InChI=1S/C9H7F2N3/c10-8-6(12)2-3-7(9(8)11)14-5-1-4-13-14/h1-5H,12H2. The second kappa shape index (κ2) is 3.10. The summed E-state index contributed by atoms with van der Waals surface area (Å²) in [6, 6.07) is 4.30. The summed E-state index contributed by atoms with van der Waals surface area (Å²) in [6.07, 6.45) is 3.00. The zero-order valence-corrected chi connectivity index (χ0v) is 7.11. The van der Waals surface area contributed by atoms with Crippen LogP contribution < -0.4 is 5.73 Å². The van der Waals surface area contributed by atoms with Gasteiger partial charge in [-0.2, -0.15) is 5.10 Å². The highest BCUT2D eigenvalue weighted by Gasteiger charge is 2.12. The lowest BCUT2D eigenvalue weighted by Crippen LogP contribution is -2.03. The highest BCUT2D eigenvalue weighted by atomic mass is 19.2. The maximum Gasteiger partial charge on any atom is 0.186 e. The third-order valence-corrected chi connectivity index (χ3v) is 1.84. The first-order chi connectivity index (χ1) is 6.70. The van der Waals surface area contributed by atoms with Gasteiger partial charge >= 0.3 is 0 Å². The number of rotatable bonds is 1. The van der Waals surface area contributed by atoms with Crippen LogP contribution in [0.4, 0.5) is 14.5 Å². The first kappa shape index (κ1) is 8.68. The molecule has 0 unspecified atom stereocenters. The molecular formula is C9H7F2N3. The molecule has 0 aliphatic carbocycles. The largest absolute Gasteiger partial charge is 0.396 e. The van der Waals surface area contributed by atoms with Crippen LogP contribution in [-0.2, 0) is 0 Å². The van der Waals surface area contributed by atoms with E-state index in [4.69, 9.17) is 5.73 Å². The normalized spacial score (nSPS) is 10.4. The Hall–Kier alpha value is -1.91. The van der Waals surface area contributed by atoms with Crippen molar-refractivity contribution in [1.82, 2.24) is 9.78 Å². The van der Waals surface area contributed by atoms with Crippen molar-refractivity contribution in [3.8, 4) is 5.69 Å². The van der Waals surface area contributed by atoms with E-state index in [1.54, 1.807) is 6.07 Å². The van der Waals surface area contributed by atoms with Gasteiger partial charge in [-0.3, -0.25) is 0 Å². The number of halogens is 2. The third-order valence-electron chi connectivity index (χ3n) is 1.84. The monoisotopic (exact) mass is 195 g/mol. The lowest BCUT2D eigenvalue weighted by molar-refractivity contribution is 0.505. The molecule has 0 fully saturated rings. The number of nitrogens with zero attached hydrogens (tertiary/aromatic N) is 2. The van der Waals surface area contributed by atoms with E-state index < -0.39 is 11.6 Å². The van der Waals surface area contributed by atoms with Gasteiger partial charge in [0.05, 0.1) is 5.69 Å². The van der Waals surface area contributed by atoms with Crippen LogP contribution in [0.15, 0.2) is 30.6 Å². The van der Waals surface area contributed by atoms with Gasteiger partial charge in [0.25, 0.3) is 0 Å². The summed E-state index contributed by atoms with van der Waals surface area (Å²) in [6.45, 7) is 0. The van der Waals surface area contributed by atoms with Gasteiger partial charge in [0, 0.05) is 12.4 Å². The van der Waals surface area contributed by atoms with E-state index in [1.807, 2.05) is 0 Å². The summed E-state index contributed by atoms with van der Waals surface area (Å²) in [7, 11) is 0. The van der Waals surface area contributed by atoms with Gasteiger partial charge in [-0.05, 0) is 18.2 Å². The maximum atomic E-state index is 13.3. The van der Waals surface area contributed by atoms with Crippen LogP contribution in [0.2, 0.25) is 0 Å². The molecule has 72 valence electrons. The van der Waals surface area contributed by atoms with Gasteiger partial charge in [0.1, 0.15) is 5.69 Å². The molecule has 2 N–H and O–H groups in total. The van der Waals surface area contributed by atoms with Crippen LogP contribution in [0.5, 0.6) is 0 Å². The summed E-state index contributed by atoms with van der Waals surface area (Å²) >= 11 is 0. The predicted octanol–water partition coefficient (Wildman–Crippen LogP) is 1.73. The third kappa shape index (κ3) is 1.22. The molecule has 1 aromatic heterocycles. The Morgan fingerprint density at radius 3 is 2.64 bits per heavy atom. The molecule has 0 bridgehead atoms. The summed E-state index contributed by atoms with van der Waals surface area (Å²) in [5.41, 5.74) is 5.03. The summed E-state index contributed by atoms with van der Waals surface area (Å²) < 4.78 is 27.6. The second-order valence-electron chi connectivity index (χ2n) is 2.75. The van der Waals surface area contributed by atoms with E-state index >= 15 is 0 Å². The molecule has 1 aromatic carbocycles. The number of anilines is 1. The van der Waals surface area contributed by atoms with E-state index in [2.05, 4.69) is 5.10 Å². The van der Waals surface area contributed by atoms with Gasteiger partial charge in [-0.25, -0.2) is 13.5 Å². The van der Waals surface area contributed by atoms with E-state index in [1.165, 1.54) is 29.2 Å². The van der Waals surface area contributed by atoms with Crippen LogP contribution in [0.3, 0.4) is 0 Å². The Morgan fingerprint density at radius 1 is 1.21 bits per heavy atom. The molecule has 5 heteroatoms. The second-order valence-corrected chi connectivity index (χ2v) is 2.75. The molecule has 0 saturated heterocycles. The van der Waals surface area contributed by atoms with Crippen LogP contribution in [-0.4, -0.2) is 9.78 Å². The SMILES string of the molecule is Nc1ccc(-n2cccn2)c(F)c1F.